The number of fused-ring (bicyclic) bond motifs is 1. The number of hydrogen-bond acceptors (Lipinski definition) is 2. The molecule has 1 saturated carbocycles. The smallest absolute Gasteiger partial charge is 0.303 e. The van der Waals surface area contributed by atoms with Gasteiger partial charge in [0.1, 0.15) is 0 Å². The number of carbonyl (C=O) groups is 1. The fourth-order valence-electron chi connectivity index (χ4n) is 1.92. The average molecular weight is 156 g/mol. The third-order valence-electron chi connectivity index (χ3n) is 2.58. The largest absolute Gasteiger partial charge is 0.481 e. The predicted octanol–water partition coefficient (Wildman–Crippen LogP) is 1.03. The molecule has 0 aromatic carbocycles. The van der Waals surface area contributed by atoms with Gasteiger partial charge in [0.05, 0.1) is 12.2 Å². The Kier molecular flexibility index (Phi) is 1.60. The molecular formula is C8H12O3. The second-order valence-electron chi connectivity index (χ2n) is 3.49. The monoisotopic (exact) mass is 156 g/mol. The van der Waals surface area contributed by atoms with Crippen molar-refractivity contribution in [2.45, 2.75) is 37.9 Å². The highest BCUT2D eigenvalue weighted by atomic mass is 16.6. The van der Waals surface area contributed by atoms with Crippen molar-refractivity contribution in [2.24, 2.45) is 5.92 Å². The summed E-state index contributed by atoms with van der Waals surface area (Å²) in [5.74, 6) is -0.301. The van der Waals surface area contributed by atoms with Crippen molar-refractivity contribution < 1.29 is 14.6 Å². The van der Waals surface area contributed by atoms with Gasteiger partial charge in [-0.15, -0.1) is 0 Å². The van der Waals surface area contributed by atoms with E-state index in [1.165, 1.54) is 0 Å². The van der Waals surface area contributed by atoms with E-state index in [1.54, 1.807) is 0 Å². The molecular weight excluding hydrogens is 144 g/mol. The highest BCUT2D eigenvalue weighted by molar-refractivity contribution is 5.67. The molecule has 0 amide bonds. The van der Waals surface area contributed by atoms with Crippen LogP contribution in [-0.2, 0) is 9.53 Å². The number of carboxylic acid groups (broad SMARTS) is 1. The highest BCUT2D eigenvalue weighted by Gasteiger charge is 2.43. The van der Waals surface area contributed by atoms with Crippen molar-refractivity contribution in [3.05, 3.63) is 0 Å². The van der Waals surface area contributed by atoms with E-state index < -0.39 is 5.97 Å². The molecule has 0 aromatic heterocycles. The first-order valence-electron chi connectivity index (χ1n) is 4.13. The Balaban J connectivity index is 1.81. The summed E-state index contributed by atoms with van der Waals surface area (Å²) in [5, 5.41) is 8.52. The molecule has 1 aliphatic carbocycles. The van der Waals surface area contributed by atoms with Crippen LogP contribution in [0.2, 0.25) is 0 Å². The van der Waals surface area contributed by atoms with Crippen molar-refractivity contribution in [3.63, 3.8) is 0 Å². The van der Waals surface area contributed by atoms with Crippen LogP contribution in [0.15, 0.2) is 0 Å². The van der Waals surface area contributed by atoms with Crippen molar-refractivity contribution >= 4 is 5.97 Å². The molecule has 0 radical (unpaired) electrons. The minimum absolute atomic E-state index is 0.326. The molecule has 2 rings (SSSR count). The Morgan fingerprint density at radius 3 is 2.91 bits per heavy atom. The van der Waals surface area contributed by atoms with Crippen LogP contribution in [0.25, 0.3) is 0 Å². The molecule has 1 aliphatic heterocycles. The first-order valence-corrected chi connectivity index (χ1v) is 4.13. The number of hydrogen-bond donors (Lipinski definition) is 1. The van der Waals surface area contributed by atoms with E-state index in [0.29, 0.717) is 24.5 Å². The molecule has 3 atom stereocenters. The van der Waals surface area contributed by atoms with Gasteiger partial charge in [0.25, 0.3) is 0 Å². The molecule has 0 spiro atoms. The molecule has 0 aromatic rings. The number of carboxylic acids is 1. The quantitative estimate of drug-likeness (QED) is 0.607. The molecule has 2 fully saturated rings. The van der Waals surface area contributed by atoms with Crippen LogP contribution in [0.3, 0.4) is 0 Å². The zero-order valence-corrected chi connectivity index (χ0v) is 6.32. The zero-order valence-electron chi connectivity index (χ0n) is 6.32. The number of rotatable bonds is 2. The minimum atomic E-state index is -0.672. The Hall–Kier alpha value is -0.570. The normalized spacial score (nSPS) is 41.3. The van der Waals surface area contributed by atoms with E-state index >= 15 is 0 Å². The summed E-state index contributed by atoms with van der Waals surface area (Å²) in [6.07, 6.45) is 4.30. The molecule has 11 heavy (non-hydrogen) atoms. The van der Waals surface area contributed by atoms with Crippen LogP contribution >= 0.6 is 0 Å². The predicted molar refractivity (Wildman–Crippen MR) is 38.3 cm³/mol. The van der Waals surface area contributed by atoms with Gasteiger partial charge >= 0.3 is 5.97 Å². The first kappa shape index (κ1) is 7.10. The Bertz CT molecular complexity index is 178. The summed E-state index contributed by atoms with van der Waals surface area (Å²) >= 11 is 0. The average Bonchev–Trinajstić information content (AvgIpc) is 2.63. The summed E-state index contributed by atoms with van der Waals surface area (Å²) < 4.78 is 5.30. The lowest BCUT2D eigenvalue weighted by Crippen LogP contribution is -2.16. The van der Waals surface area contributed by atoms with Gasteiger partial charge in [-0.2, -0.15) is 0 Å². The van der Waals surface area contributed by atoms with E-state index in [-0.39, 0.29) is 0 Å². The van der Waals surface area contributed by atoms with E-state index in [2.05, 4.69) is 0 Å². The third kappa shape index (κ3) is 1.53. The van der Waals surface area contributed by atoms with Crippen LogP contribution in [0.4, 0.5) is 0 Å². The lowest BCUT2D eigenvalue weighted by atomic mass is 9.87. The Morgan fingerprint density at radius 2 is 2.27 bits per heavy atom. The molecule has 1 N–H and O–H groups in total. The van der Waals surface area contributed by atoms with Gasteiger partial charge in [-0.05, 0) is 25.2 Å². The van der Waals surface area contributed by atoms with Crippen LogP contribution in [0.1, 0.15) is 25.7 Å². The third-order valence-corrected chi connectivity index (χ3v) is 2.58. The highest BCUT2D eigenvalue weighted by Crippen LogP contribution is 2.40. The van der Waals surface area contributed by atoms with Crippen molar-refractivity contribution in [1.29, 1.82) is 0 Å². The summed E-state index contributed by atoms with van der Waals surface area (Å²) in [5.41, 5.74) is 0. The van der Waals surface area contributed by atoms with Gasteiger partial charge in [0.2, 0.25) is 0 Å². The maximum Gasteiger partial charge on any atom is 0.303 e. The topological polar surface area (TPSA) is 49.8 Å². The first-order chi connectivity index (χ1) is 5.25. The van der Waals surface area contributed by atoms with E-state index in [9.17, 15) is 4.79 Å². The van der Waals surface area contributed by atoms with Crippen molar-refractivity contribution in [2.75, 3.05) is 0 Å². The molecule has 62 valence electrons. The summed E-state index contributed by atoms with van der Waals surface area (Å²) in [7, 11) is 0. The van der Waals surface area contributed by atoms with Gasteiger partial charge in [-0.1, -0.05) is 0 Å². The fourth-order valence-corrected chi connectivity index (χ4v) is 1.92. The lowest BCUT2D eigenvalue weighted by Gasteiger charge is -2.15. The molecule has 3 unspecified atom stereocenters. The fraction of sp³-hybridized carbons (Fsp3) is 0.875. The standard InChI is InChI=1S/C8H12O3/c9-8(10)4-5-1-2-6-7(3-5)11-6/h5-7H,1-4H2,(H,9,10). The van der Waals surface area contributed by atoms with Gasteiger partial charge < -0.3 is 9.84 Å². The maximum absolute atomic E-state index is 10.3. The summed E-state index contributed by atoms with van der Waals surface area (Å²) in [6.45, 7) is 0. The van der Waals surface area contributed by atoms with Crippen molar-refractivity contribution in [1.82, 2.24) is 0 Å². The van der Waals surface area contributed by atoms with Crippen molar-refractivity contribution in [3.8, 4) is 0 Å². The van der Waals surface area contributed by atoms with E-state index in [0.717, 1.165) is 19.3 Å². The number of epoxide rings is 1. The van der Waals surface area contributed by atoms with Gasteiger partial charge in [0, 0.05) is 6.42 Å². The number of ether oxygens (including phenoxy) is 1. The van der Waals surface area contributed by atoms with Gasteiger partial charge in [-0.3, -0.25) is 4.79 Å². The Morgan fingerprint density at radius 1 is 1.45 bits per heavy atom. The molecule has 1 saturated heterocycles. The summed E-state index contributed by atoms with van der Waals surface area (Å²) in [4.78, 5) is 10.3. The molecule has 3 heteroatoms. The van der Waals surface area contributed by atoms with Crippen LogP contribution in [0.5, 0.6) is 0 Å². The van der Waals surface area contributed by atoms with E-state index in [4.69, 9.17) is 9.84 Å². The van der Waals surface area contributed by atoms with Gasteiger partial charge in [0.15, 0.2) is 0 Å². The lowest BCUT2D eigenvalue weighted by molar-refractivity contribution is -0.138. The molecule has 2 aliphatic rings. The summed E-state index contributed by atoms with van der Waals surface area (Å²) in [6, 6.07) is 0. The van der Waals surface area contributed by atoms with Crippen LogP contribution in [-0.4, -0.2) is 23.3 Å². The Labute approximate surface area is 65.4 Å². The second-order valence-corrected chi connectivity index (χ2v) is 3.49. The number of aliphatic carboxylic acids is 1. The molecule has 3 nitrogen and oxygen atoms in total. The van der Waals surface area contributed by atoms with Crippen LogP contribution < -0.4 is 0 Å². The molecule has 1 heterocycles. The SMILES string of the molecule is O=C(O)CC1CCC2OC2C1. The van der Waals surface area contributed by atoms with Gasteiger partial charge in [-0.25, -0.2) is 0 Å². The molecule has 0 bridgehead atoms. The van der Waals surface area contributed by atoms with E-state index in [1.807, 2.05) is 0 Å². The van der Waals surface area contributed by atoms with Crippen LogP contribution in [0, 0.1) is 5.92 Å². The second kappa shape index (κ2) is 2.48. The zero-order chi connectivity index (χ0) is 7.84. The minimum Gasteiger partial charge on any atom is -0.481 e. The maximum atomic E-state index is 10.3.